The summed E-state index contributed by atoms with van der Waals surface area (Å²) in [6.07, 6.45) is 0.0946. The second-order valence-electron chi connectivity index (χ2n) is 6.41. The van der Waals surface area contributed by atoms with Crippen molar-refractivity contribution in [3.8, 4) is 0 Å². The van der Waals surface area contributed by atoms with Crippen LogP contribution in [-0.2, 0) is 4.79 Å². The van der Waals surface area contributed by atoms with E-state index >= 15 is 4.39 Å². The summed E-state index contributed by atoms with van der Waals surface area (Å²) >= 11 is 0. The van der Waals surface area contributed by atoms with Crippen molar-refractivity contribution < 1.29 is 23.5 Å². The predicted octanol–water partition coefficient (Wildman–Crippen LogP) is 1.84. The Morgan fingerprint density at radius 2 is 2.09 bits per heavy atom. The SMILES string of the molecule is Cc1cc(N2C[C@@H]3CN(C)CC[C@]3(F)C2=O)c(F)cc1C(=O)O. The van der Waals surface area contributed by atoms with Gasteiger partial charge < -0.3 is 14.9 Å². The van der Waals surface area contributed by atoms with Gasteiger partial charge in [0, 0.05) is 32.0 Å². The highest BCUT2D eigenvalue weighted by Gasteiger charge is 2.57. The van der Waals surface area contributed by atoms with Gasteiger partial charge in [-0.1, -0.05) is 0 Å². The lowest BCUT2D eigenvalue weighted by Crippen LogP contribution is -2.49. The fourth-order valence-corrected chi connectivity index (χ4v) is 3.49. The number of benzene rings is 1. The molecule has 23 heavy (non-hydrogen) atoms. The van der Waals surface area contributed by atoms with Crippen molar-refractivity contribution in [1.82, 2.24) is 4.90 Å². The number of hydrogen-bond acceptors (Lipinski definition) is 3. The Kier molecular flexibility index (Phi) is 3.63. The lowest BCUT2D eigenvalue weighted by molar-refractivity contribution is -0.131. The number of halogens is 2. The van der Waals surface area contributed by atoms with E-state index in [1.807, 2.05) is 11.9 Å². The highest BCUT2D eigenvalue weighted by molar-refractivity contribution is 6.03. The lowest BCUT2D eigenvalue weighted by Gasteiger charge is -2.34. The zero-order valence-corrected chi connectivity index (χ0v) is 13.0. The van der Waals surface area contributed by atoms with Crippen molar-refractivity contribution in [2.45, 2.75) is 19.0 Å². The number of hydrogen-bond donors (Lipinski definition) is 1. The quantitative estimate of drug-likeness (QED) is 0.902. The minimum atomic E-state index is -1.96. The number of carboxylic acids is 1. The molecule has 3 rings (SSSR count). The topological polar surface area (TPSA) is 60.9 Å². The van der Waals surface area contributed by atoms with Crippen LogP contribution in [0.25, 0.3) is 0 Å². The van der Waals surface area contributed by atoms with E-state index in [2.05, 4.69) is 0 Å². The summed E-state index contributed by atoms with van der Waals surface area (Å²) in [4.78, 5) is 26.6. The summed E-state index contributed by atoms with van der Waals surface area (Å²) in [7, 11) is 1.86. The number of carbonyl (C=O) groups is 2. The fourth-order valence-electron chi connectivity index (χ4n) is 3.49. The molecule has 0 bridgehead atoms. The lowest BCUT2D eigenvalue weighted by atomic mass is 9.85. The molecule has 2 fully saturated rings. The zero-order chi connectivity index (χ0) is 16.9. The van der Waals surface area contributed by atoms with Gasteiger partial charge in [0.05, 0.1) is 11.3 Å². The van der Waals surface area contributed by atoms with Crippen LogP contribution < -0.4 is 4.90 Å². The van der Waals surface area contributed by atoms with Crippen molar-refractivity contribution in [2.24, 2.45) is 5.92 Å². The molecule has 2 heterocycles. The summed E-state index contributed by atoms with van der Waals surface area (Å²) in [5, 5.41) is 9.02. The van der Waals surface area contributed by atoms with E-state index in [0.29, 0.717) is 18.7 Å². The third-order valence-corrected chi connectivity index (χ3v) is 4.86. The van der Waals surface area contributed by atoms with Crippen molar-refractivity contribution >= 4 is 17.6 Å². The Balaban J connectivity index is 1.99. The number of aromatic carboxylic acids is 1. The molecule has 2 atom stereocenters. The first-order valence-electron chi connectivity index (χ1n) is 7.47. The molecule has 1 N–H and O–H groups in total. The zero-order valence-electron chi connectivity index (χ0n) is 13.0. The third kappa shape index (κ3) is 2.39. The van der Waals surface area contributed by atoms with Crippen LogP contribution in [0.4, 0.5) is 14.5 Å². The molecule has 1 aromatic carbocycles. The summed E-state index contributed by atoms with van der Waals surface area (Å²) < 4.78 is 29.4. The minimum Gasteiger partial charge on any atom is -0.478 e. The van der Waals surface area contributed by atoms with Crippen LogP contribution in [0.5, 0.6) is 0 Å². The molecular weight excluding hydrogens is 306 g/mol. The van der Waals surface area contributed by atoms with Crippen LogP contribution in [-0.4, -0.2) is 54.2 Å². The first-order chi connectivity index (χ1) is 10.7. The molecule has 7 heteroatoms. The van der Waals surface area contributed by atoms with E-state index in [-0.39, 0.29) is 24.2 Å². The van der Waals surface area contributed by atoms with Gasteiger partial charge in [-0.05, 0) is 31.7 Å². The van der Waals surface area contributed by atoms with E-state index in [4.69, 9.17) is 5.11 Å². The maximum atomic E-state index is 15.1. The molecule has 0 radical (unpaired) electrons. The second kappa shape index (κ2) is 5.26. The molecule has 0 aliphatic carbocycles. The largest absolute Gasteiger partial charge is 0.478 e. The summed E-state index contributed by atoms with van der Waals surface area (Å²) in [5.74, 6) is -3.29. The maximum absolute atomic E-state index is 15.1. The Hall–Kier alpha value is -2.02. The van der Waals surface area contributed by atoms with E-state index in [9.17, 15) is 14.0 Å². The molecule has 0 aromatic heterocycles. The number of alkyl halides is 1. The number of carbonyl (C=O) groups excluding carboxylic acids is 1. The van der Waals surface area contributed by atoms with Crippen LogP contribution in [0.15, 0.2) is 12.1 Å². The van der Waals surface area contributed by atoms with Crippen LogP contribution >= 0.6 is 0 Å². The number of fused-ring (bicyclic) bond motifs is 1. The van der Waals surface area contributed by atoms with Crippen LogP contribution in [0.1, 0.15) is 22.3 Å². The maximum Gasteiger partial charge on any atom is 0.336 e. The number of nitrogens with zero attached hydrogens (tertiary/aromatic N) is 2. The van der Waals surface area contributed by atoms with Crippen LogP contribution in [0.3, 0.4) is 0 Å². The van der Waals surface area contributed by atoms with Gasteiger partial charge in [-0.2, -0.15) is 0 Å². The normalized spacial score (nSPS) is 28.1. The Bertz CT molecular complexity index is 694. The molecule has 0 saturated carbocycles. The van der Waals surface area contributed by atoms with E-state index in [0.717, 1.165) is 11.0 Å². The average molecular weight is 324 g/mol. The molecule has 2 saturated heterocycles. The molecule has 0 unspecified atom stereocenters. The van der Waals surface area contributed by atoms with Crippen molar-refractivity contribution in [3.63, 3.8) is 0 Å². The highest BCUT2D eigenvalue weighted by Crippen LogP contribution is 2.42. The van der Waals surface area contributed by atoms with E-state index in [1.165, 1.54) is 13.0 Å². The van der Waals surface area contributed by atoms with E-state index in [1.54, 1.807) is 0 Å². The molecule has 2 aliphatic rings. The van der Waals surface area contributed by atoms with Gasteiger partial charge in [0.2, 0.25) is 0 Å². The molecule has 2 aliphatic heterocycles. The molecule has 124 valence electrons. The Labute approximate surface area is 132 Å². The Morgan fingerprint density at radius 1 is 1.39 bits per heavy atom. The first-order valence-corrected chi connectivity index (χ1v) is 7.47. The molecule has 0 spiro atoms. The van der Waals surface area contributed by atoms with Gasteiger partial charge in [0.1, 0.15) is 5.82 Å². The number of amides is 1. The monoisotopic (exact) mass is 324 g/mol. The van der Waals surface area contributed by atoms with Gasteiger partial charge in [0.15, 0.2) is 5.67 Å². The first kappa shape index (κ1) is 15.9. The van der Waals surface area contributed by atoms with Gasteiger partial charge in [0.25, 0.3) is 5.91 Å². The molecule has 1 amide bonds. The second-order valence-corrected chi connectivity index (χ2v) is 6.41. The fraction of sp³-hybridized carbons (Fsp3) is 0.500. The van der Waals surface area contributed by atoms with Gasteiger partial charge in [-0.3, -0.25) is 4.79 Å². The standard InChI is InChI=1S/C16H18F2N2O3/c1-9-5-13(12(17)6-11(9)14(21)22)20-8-10-7-19(2)4-3-16(10,18)15(20)23/h5-6,10H,3-4,7-8H2,1-2H3,(H,21,22)/t10-,16+/m0/s1. The minimum absolute atomic E-state index is 0.0495. The number of likely N-dealkylation sites (tertiary alicyclic amines) is 1. The van der Waals surface area contributed by atoms with Crippen LogP contribution in [0, 0.1) is 18.7 Å². The van der Waals surface area contributed by atoms with Crippen molar-refractivity contribution in [2.75, 3.05) is 31.6 Å². The highest BCUT2D eigenvalue weighted by atomic mass is 19.1. The number of rotatable bonds is 2. The molecule has 5 nitrogen and oxygen atoms in total. The molecular formula is C16H18F2N2O3. The summed E-state index contributed by atoms with van der Waals surface area (Å²) in [6.45, 7) is 2.54. The van der Waals surface area contributed by atoms with E-state index < -0.39 is 29.3 Å². The molecule has 1 aromatic rings. The number of anilines is 1. The number of aryl methyl sites for hydroxylation is 1. The predicted molar refractivity (Wildman–Crippen MR) is 79.9 cm³/mol. The smallest absolute Gasteiger partial charge is 0.336 e. The van der Waals surface area contributed by atoms with Crippen molar-refractivity contribution in [1.29, 1.82) is 0 Å². The van der Waals surface area contributed by atoms with Crippen LogP contribution in [0.2, 0.25) is 0 Å². The number of carboxylic acid groups (broad SMARTS) is 1. The summed E-state index contributed by atoms with van der Waals surface area (Å²) in [6, 6.07) is 2.19. The number of piperidine rings is 1. The average Bonchev–Trinajstić information content (AvgIpc) is 2.73. The Morgan fingerprint density at radius 3 is 2.74 bits per heavy atom. The summed E-state index contributed by atoms with van der Waals surface area (Å²) in [5.41, 5.74) is -1.84. The third-order valence-electron chi connectivity index (χ3n) is 4.86. The van der Waals surface area contributed by atoms with Gasteiger partial charge in [-0.25, -0.2) is 13.6 Å². The van der Waals surface area contributed by atoms with Gasteiger partial charge in [-0.15, -0.1) is 0 Å². The van der Waals surface area contributed by atoms with Gasteiger partial charge >= 0.3 is 5.97 Å². The van der Waals surface area contributed by atoms with Crippen molar-refractivity contribution in [3.05, 3.63) is 29.1 Å².